The summed E-state index contributed by atoms with van der Waals surface area (Å²) in [5.41, 5.74) is 6.37. The van der Waals surface area contributed by atoms with Crippen LogP contribution in [-0.4, -0.2) is 16.5 Å². The lowest BCUT2D eigenvalue weighted by atomic mass is 10.1. The number of aromatic nitrogens is 1. The molecule has 0 unspecified atom stereocenters. The van der Waals surface area contributed by atoms with Gasteiger partial charge in [-0.3, -0.25) is 15.0 Å². The van der Waals surface area contributed by atoms with Crippen molar-refractivity contribution >= 4 is 51.0 Å². The summed E-state index contributed by atoms with van der Waals surface area (Å²) >= 11 is 5.89. The number of benzene rings is 3. The predicted octanol–water partition coefficient (Wildman–Crippen LogP) is 3.66. The molecular formula is C22H17ClN4O3. The van der Waals surface area contributed by atoms with Crippen LogP contribution in [0.5, 0.6) is 0 Å². The van der Waals surface area contributed by atoms with Crippen molar-refractivity contribution in [1.82, 2.24) is 15.4 Å². The number of hydrogen-bond donors (Lipinski definition) is 3. The van der Waals surface area contributed by atoms with Gasteiger partial charge in [0, 0.05) is 21.5 Å². The number of para-hydroxylation sites is 2. The molecule has 1 heterocycles. The van der Waals surface area contributed by atoms with Crippen LogP contribution in [0, 0.1) is 0 Å². The maximum absolute atomic E-state index is 12.7. The van der Waals surface area contributed by atoms with E-state index in [4.69, 9.17) is 11.6 Å². The Bertz CT molecular complexity index is 1270. The number of urea groups is 1. The maximum Gasteiger partial charge on any atom is 0.337 e. The van der Waals surface area contributed by atoms with Crippen LogP contribution < -0.4 is 21.6 Å². The number of nitrogens with one attached hydrogen (secondary N) is 3. The number of carbonyl (C=O) groups is 2. The van der Waals surface area contributed by atoms with E-state index < -0.39 is 11.9 Å². The van der Waals surface area contributed by atoms with Gasteiger partial charge in [0.2, 0.25) is 0 Å². The first-order valence-corrected chi connectivity index (χ1v) is 9.52. The van der Waals surface area contributed by atoms with E-state index in [1.165, 1.54) is 0 Å². The third kappa shape index (κ3) is 3.97. The molecule has 0 aliphatic rings. The highest BCUT2D eigenvalue weighted by Gasteiger charge is 2.13. The summed E-state index contributed by atoms with van der Waals surface area (Å²) in [5.74, 6) is -0.449. The van der Waals surface area contributed by atoms with Crippen LogP contribution >= 0.6 is 11.6 Å². The summed E-state index contributed by atoms with van der Waals surface area (Å²) < 4.78 is 1.75. The average molecular weight is 421 g/mol. The smallest absolute Gasteiger partial charge is 0.331 e. The zero-order chi connectivity index (χ0) is 21.1. The van der Waals surface area contributed by atoms with Gasteiger partial charge in [-0.1, -0.05) is 41.9 Å². The summed E-state index contributed by atoms with van der Waals surface area (Å²) in [6.45, 7) is -0.0846. The van der Waals surface area contributed by atoms with E-state index in [-0.39, 0.29) is 12.0 Å². The molecule has 0 atom stereocenters. The van der Waals surface area contributed by atoms with Gasteiger partial charge < -0.3 is 9.88 Å². The largest absolute Gasteiger partial charge is 0.337 e. The highest BCUT2D eigenvalue weighted by molar-refractivity contribution is 6.30. The van der Waals surface area contributed by atoms with Gasteiger partial charge in [0.1, 0.15) is 6.54 Å². The van der Waals surface area contributed by atoms with Crippen molar-refractivity contribution < 1.29 is 9.59 Å². The van der Waals surface area contributed by atoms with E-state index in [0.717, 1.165) is 0 Å². The molecule has 0 spiro atoms. The zero-order valence-corrected chi connectivity index (χ0v) is 16.4. The molecule has 4 rings (SSSR count). The monoisotopic (exact) mass is 420 g/mol. The number of pyridine rings is 1. The fourth-order valence-electron chi connectivity index (χ4n) is 3.29. The first-order chi connectivity index (χ1) is 14.5. The summed E-state index contributed by atoms with van der Waals surface area (Å²) in [6, 6.07) is 20.2. The molecule has 7 nitrogen and oxygen atoms in total. The Kier molecular flexibility index (Phi) is 5.36. The number of hydrogen-bond acceptors (Lipinski definition) is 3. The van der Waals surface area contributed by atoms with E-state index in [0.29, 0.717) is 32.5 Å². The molecule has 0 saturated carbocycles. The number of halogens is 1. The first-order valence-electron chi connectivity index (χ1n) is 9.14. The minimum atomic E-state index is -0.611. The third-order valence-electron chi connectivity index (χ3n) is 4.58. The van der Waals surface area contributed by atoms with Gasteiger partial charge >= 0.3 is 6.03 Å². The molecule has 0 bridgehead atoms. The van der Waals surface area contributed by atoms with Gasteiger partial charge in [-0.25, -0.2) is 10.2 Å². The molecule has 8 heteroatoms. The van der Waals surface area contributed by atoms with Crippen molar-refractivity contribution in [3.8, 4) is 0 Å². The van der Waals surface area contributed by atoms with Crippen molar-refractivity contribution in [3.05, 3.63) is 88.0 Å². The van der Waals surface area contributed by atoms with Crippen molar-refractivity contribution in [2.24, 2.45) is 0 Å². The van der Waals surface area contributed by atoms with Gasteiger partial charge in [0.25, 0.3) is 5.91 Å². The van der Waals surface area contributed by atoms with Crippen LogP contribution in [0.25, 0.3) is 21.8 Å². The van der Waals surface area contributed by atoms with Gasteiger partial charge in [0.15, 0.2) is 5.43 Å². The van der Waals surface area contributed by atoms with E-state index in [9.17, 15) is 14.4 Å². The van der Waals surface area contributed by atoms with Crippen molar-refractivity contribution in [2.45, 2.75) is 6.54 Å². The molecule has 3 amide bonds. The Balaban J connectivity index is 1.53. The fourth-order valence-corrected chi connectivity index (χ4v) is 3.48. The minimum Gasteiger partial charge on any atom is -0.331 e. The SMILES string of the molecule is O=C(Cn1c2ccccc2c(=O)c2ccccc21)NNC(=O)Nc1cccc(Cl)c1. The second-order valence-corrected chi connectivity index (χ2v) is 7.02. The van der Waals surface area contributed by atoms with Gasteiger partial charge in [-0.2, -0.15) is 0 Å². The Labute approximate surface area is 176 Å². The van der Waals surface area contributed by atoms with Crippen LogP contribution in [0.1, 0.15) is 0 Å². The van der Waals surface area contributed by atoms with Crippen molar-refractivity contribution in [1.29, 1.82) is 0 Å². The highest BCUT2D eigenvalue weighted by atomic mass is 35.5. The molecule has 150 valence electrons. The Morgan fingerprint density at radius 3 is 2.10 bits per heavy atom. The molecular weight excluding hydrogens is 404 g/mol. The number of amides is 3. The molecule has 0 radical (unpaired) electrons. The molecule has 0 fully saturated rings. The van der Waals surface area contributed by atoms with E-state index >= 15 is 0 Å². The number of nitrogens with zero attached hydrogens (tertiary/aromatic N) is 1. The summed E-state index contributed by atoms with van der Waals surface area (Å²) in [6.07, 6.45) is 0. The van der Waals surface area contributed by atoms with Gasteiger partial charge in [-0.15, -0.1) is 0 Å². The van der Waals surface area contributed by atoms with Crippen LogP contribution in [-0.2, 0) is 11.3 Å². The highest BCUT2D eigenvalue weighted by Crippen LogP contribution is 2.19. The standard InChI is InChI=1S/C22H17ClN4O3/c23-14-6-5-7-15(12-14)24-22(30)26-25-20(28)13-27-18-10-3-1-8-16(18)21(29)17-9-2-4-11-19(17)27/h1-12H,13H2,(H,25,28)(H2,24,26,30). The van der Waals surface area contributed by atoms with E-state index in [1.807, 2.05) is 12.1 Å². The topological polar surface area (TPSA) is 92.2 Å². The number of hydrazine groups is 1. The molecule has 1 aromatic heterocycles. The first kappa shape index (κ1) is 19.5. The molecule has 0 saturated heterocycles. The van der Waals surface area contributed by atoms with Gasteiger partial charge in [0.05, 0.1) is 11.0 Å². The second-order valence-electron chi connectivity index (χ2n) is 6.59. The second kappa shape index (κ2) is 8.26. The molecule has 30 heavy (non-hydrogen) atoms. The number of anilines is 1. The van der Waals surface area contributed by atoms with Crippen molar-refractivity contribution in [2.75, 3.05) is 5.32 Å². The van der Waals surface area contributed by atoms with E-state index in [2.05, 4.69) is 16.2 Å². The molecule has 3 N–H and O–H groups in total. The maximum atomic E-state index is 12.7. The minimum absolute atomic E-state index is 0.0846. The average Bonchev–Trinajstić information content (AvgIpc) is 2.75. The Morgan fingerprint density at radius 2 is 1.47 bits per heavy atom. The number of carbonyl (C=O) groups excluding carboxylic acids is 2. The molecule has 4 aromatic rings. The van der Waals surface area contributed by atoms with Crippen LogP contribution in [0.4, 0.5) is 10.5 Å². The van der Waals surface area contributed by atoms with Crippen LogP contribution in [0.3, 0.4) is 0 Å². The predicted molar refractivity (Wildman–Crippen MR) is 117 cm³/mol. The number of fused-ring (bicyclic) bond motifs is 2. The van der Waals surface area contributed by atoms with Crippen LogP contribution in [0.2, 0.25) is 5.02 Å². The van der Waals surface area contributed by atoms with Crippen LogP contribution in [0.15, 0.2) is 77.6 Å². The fraction of sp³-hybridized carbons (Fsp3) is 0.0455. The Hall–Kier alpha value is -3.84. The molecule has 0 aliphatic heterocycles. The van der Waals surface area contributed by atoms with E-state index in [1.54, 1.807) is 65.2 Å². The zero-order valence-electron chi connectivity index (χ0n) is 15.7. The lowest BCUT2D eigenvalue weighted by Gasteiger charge is -2.15. The summed E-state index contributed by atoms with van der Waals surface area (Å²) in [4.78, 5) is 37.3. The lowest BCUT2D eigenvalue weighted by molar-refractivity contribution is -0.122. The Morgan fingerprint density at radius 1 is 0.833 bits per heavy atom. The van der Waals surface area contributed by atoms with Gasteiger partial charge in [-0.05, 0) is 42.5 Å². The molecule has 3 aromatic carbocycles. The molecule has 0 aliphatic carbocycles. The number of rotatable bonds is 3. The summed E-state index contributed by atoms with van der Waals surface area (Å²) in [7, 11) is 0. The normalized spacial score (nSPS) is 10.7. The lowest BCUT2D eigenvalue weighted by Crippen LogP contribution is -2.45. The third-order valence-corrected chi connectivity index (χ3v) is 4.81. The summed E-state index contributed by atoms with van der Waals surface area (Å²) in [5, 5.41) is 4.10. The van der Waals surface area contributed by atoms with Crippen molar-refractivity contribution in [3.63, 3.8) is 0 Å². The quantitative estimate of drug-likeness (QED) is 0.349.